The maximum Gasteiger partial charge on any atom is 0.244 e. The van der Waals surface area contributed by atoms with Gasteiger partial charge < -0.3 is 9.73 Å². The topological polar surface area (TPSA) is 55.1 Å². The second-order valence-electron chi connectivity index (χ2n) is 5.77. The van der Waals surface area contributed by atoms with Gasteiger partial charge in [-0.2, -0.15) is 0 Å². The number of aromatic nitrogens is 1. The number of furan rings is 1. The first kappa shape index (κ1) is 17.2. The Hall–Kier alpha value is -2.66. The van der Waals surface area contributed by atoms with Crippen molar-refractivity contribution in [3.05, 3.63) is 69.9 Å². The number of aryl methyl sites for hydroxylation is 2. The Labute approximate surface area is 151 Å². The maximum atomic E-state index is 11.8. The fraction of sp³-hybridized carbons (Fsp3) is 0.200. The van der Waals surface area contributed by atoms with Crippen LogP contribution in [0.1, 0.15) is 22.1 Å². The number of benzene rings is 1. The third-order valence-electron chi connectivity index (χ3n) is 3.74. The summed E-state index contributed by atoms with van der Waals surface area (Å²) in [5, 5.41) is 6.02. The molecule has 0 fully saturated rings. The van der Waals surface area contributed by atoms with Crippen LogP contribution in [0.3, 0.4) is 0 Å². The molecule has 5 heteroatoms. The molecule has 0 saturated carbocycles. The molecule has 0 radical (unpaired) electrons. The average molecular weight is 352 g/mol. The summed E-state index contributed by atoms with van der Waals surface area (Å²) < 4.78 is 5.39. The van der Waals surface area contributed by atoms with E-state index in [1.807, 2.05) is 26.0 Å². The highest BCUT2D eigenvalue weighted by molar-refractivity contribution is 7.09. The van der Waals surface area contributed by atoms with Crippen molar-refractivity contribution in [3.8, 4) is 11.3 Å². The number of carbonyl (C=O) groups is 1. The fourth-order valence-electron chi connectivity index (χ4n) is 2.43. The quantitative estimate of drug-likeness (QED) is 0.669. The molecule has 3 rings (SSSR count). The van der Waals surface area contributed by atoms with E-state index in [1.165, 1.54) is 11.6 Å². The molecule has 2 heterocycles. The van der Waals surface area contributed by atoms with Gasteiger partial charge >= 0.3 is 0 Å². The Morgan fingerprint density at radius 1 is 1.20 bits per heavy atom. The van der Waals surface area contributed by atoms with Crippen molar-refractivity contribution in [3.63, 3.8) is 0 Å². The third kappa shape index (κ3) is 4.90. The highest BCUT2D eigenvalue weighted by Crippen LogP contribution is 2.21. The summed E-state index contributed by atoms with van der Waals surface area (Å²) in [6.07, 6.45) is 3.95. The zero-order valence-corrected chi connectivity index (χ0v) is 15.1. The number of nitrogens with zero attached hydrogens (tertiary/aromatic N) is 1. The average Bonchev–Trinajstić information content (AvgIpc) is 3.22. The lowest BCUT2D eigenvalue weighted by atomic mass is 10.1. The number of hydrogen-bond acceptors (Lipinski definition) is 4. The van der Waals surface area contributed by atoms with Crippen molar-refractivity contribution in [1.82, 2.24) is 10.3 Å². The largest absolute Gasteiger partial charge is 0.462 e. The Balaban J connectivity index is 1.47. The first-order chi connectivity index (χ1) is 12.1. The summed E-state index contributed by atoms with van der Waals surface area (Å²) >= 11 is 1.65. The number of nitrogens with one attached hydrogen (secondary N) is 1. The molecule has 0 aliphatic heterocycles. The van der Waals surface area contributed by atoms with Gasteiger partial charge in [0.05, 0.1) is 10.7 Å². The predicted octanol–water partition coefficient (Wildman–Crippen LogP) is 4.39. The van der Waals surface area contributed by atoms with Gasteiger partial charge in [0.2, 0.25) is 5.91 Å². The second-order valence-corrected chi connectivity index (χ2v) is 6.83. The Morgan fingerprint density at radius 2 is 2.00 bits per heavy atom. The predicted molar refractivity (Wildman–Crippen MR) is 101 cm³/mol. The summed E-state index contributed by atoms with van der Waals surface area (Å²) in [5.74, 6) is 1.39. The molecule has 0 unspecified atom stereocenters. The first-order valence-corrected chi connectivity index (χ1v) is 9.02. The van der Waals surface area contributed by atoms with Crippen LogP contribution in [0.15, 0.2) is 52.3 Å². The van der Waals surface area contributed by atoms with Crippen LogP contribution in [0, 0.1) is 13.8 Å². The minimum atomic E-state index is -0.122. The molecule has 2 aromatic heterocycles. The molecule has 25 heavy (non-hydrogen) atoms. The standard InChI is InChI=1S/C20H20N2O2S/c1-14-3-8-18(24-14)9-10-20(23)21-12-11-16-4-6-17(7-5-16)19-13-25-15(2)22-19/h3-10,13H,11-12H2,1-2H3,(H,21,23)/b10-9+. The maximum absolute atomic E-state index is 11.8. The van der Waals surface area contributed by atoms with Crippen LogP contribution in [0.5, 0.6) is 0 Å². The lowest BCUT2D eigenvalue weighted by Gasteiger charge is -2.04. The lowest BCUT2D eigenvalue weighted by Crippen LogP contribution is -2.23. The third-order valence-corrected chi connectivity index (χ3v) is 4.52. The number of rotatable bonds is 6. The second kappa shape index (κ2) is 7.94. The number of amides is 1. The molecule has 0 spiro atoms. The van der Waals surface area contributed by atoms with Gasteiger partial charge in [-0.15, -0.1) is 11.3 Å². The summed E-state index contributed by atoms with van der Waals surface area (Å²) in [5.41, 5.74) is 3.32. The van der Waals surface area contributed by atoms with Gasteiger partial charge in [0.1, 0.15) is 11.5 Å². The number of carbonyl (C=O) groups excluding carboxylic acids is 1. The van der Waals surface area contributed by atoms with E-state index in [4.69, 9.17) is 4.42 Å². The van der Waals surface area contributed by atoms with Crippen molar-refractivity contribution >= 4 is 23.3 Å². The molecule has 1 amide bonds. The van der Waals surface area contributed by atoms with Crippen LogP contribution in [-0.2, 0) is 11.2 Å². The molecular formula is C20H20N2O2S. The molecule has 4 nitrogen and oxygen atoms in total. The molecular weight excluding hydrogens is 332 g/mol. The highest BCUT2D eigenvalue weighted by Gasteiger charge is 2.03. The summed E-state index contributed by atoms with van der Waals surface area (Å²) in [7, 11) is 0. The van der Waals surface area contributed by atoms with E-state index < -0.39 is 0 Å². The minimum absolute atomic E-state index is 0.122. The molecule has 0 aliphatic rings. The number of hydrogen-bond donors (Lipinski definition) is 1. The van der Waals surface area contributed by atoms with Crippen molar-refractivity contribution in [2.24, 2.45) is 0 Å². The molecule has 1 N–H and O–H groups in total. The Kier molecular flexibility index (Phi) is 5.46. The molecule has 1 aromatic carbocycles. The van der Waals surface area contributed by atoms with Gasteiger partial charge in [-0.1, -0.05) is 24.3 Å². The molecule has 128 valence electrons. The van der Waals surface area contributed by atoms with Crippen LogP contribution < -0.4 is 5.32 Å². The van der Waals surface area contributed by atoms with Crippen LogP contribution in [0.25, 0.3) is 17.3 Å². The Morgan fingerprint density at radius 3 is 2.64 bits per heavy atom. The zero-order valence-electron chi connectivity index (χ0n) is 14.3. The lowest BCUT2D eigenvalue weighted by molar-refractivity contribution is -0.116. The first-order valence-electron chi connectivity index (χ1n) is 8.14. The van der Waals surface area contributed by atoms with Crippen molar-refractivity contribution in [2.75, 3.05) is 6.54 Å². The fourth-order valence-corrected chi connectivity index (χ4v) is 3.05. The van der Waals surface area contributed by atoms with Gasteiger partial charge in [-0.25, -0.2) is 4.98 Å². The van der Waals surface area contributed by atoms with Crippen molar-refractivity contribution in [1.29, 1.82) is 0 Å². The van der Waals surface area contributed by atoms with E-state index in [0.29, 0.717) is 12.3 Å². The molecule has 0 atom stereocenters. The van der Waals surface area contributed by atoms with Gasteiger partial charge in [-0.05, 0) is 44.0 Å². The molecule has 0 saturated heterocycles. The summed E-state index contributed by atoms with van der Waals surface area (Å²) in [6, 6.07) is 12.0. The van der Waals surface area contributed by atoms with Gasteiger partial charge in [0.25, 0.3) is 0 Å². The normalized spacial score (nSPS) is 11.1. The van der Waals surface area contributed by atoms with E-state index >= 15 is 0 Å². The van der Waals surface area contributed by atoms with E-state index in [1.54, 1.807) is 17.4 Å². The number of thiazole rings is 1. The van der Waals surface area contributed by atoms with E-state index in [0.717, 1.165) is 28.4 Å². The van der Waals surface area contributed by atoms with Crippen LogP contribution in [0.4, 0.5) is 0 Å². The minimum Gasteiger partial charge on any atom is -0.462 e. The molecule has 0 aliphatic carbocycles. The van der Waals surface area contributed by atoms with Crippen LogP contribution in [-0.4, -0.2) is 17.4 Å². The molecule has 3 aromatic rings. The highest BCUT2D eigenvalue weighted by atomic mass is 32.1. The molecule has 0 bridgehead atoms. The van der Waals surface area contributed by atoms with Crippen molar-refractivity contribution in [2.45, 2.75) is 20.3 Å². The van der Waals surface area contributed by atoms with Gasteiger partial charge in [-0.3, -0.25) is 4.79 Å². The van der Waals surface area contributed by atoms with E-state index in [-0.39, 0.29) is 5.91 Å². The monoisotopic (exact) mass is 352 g/mol. The Bertz CT molecular complexity index is 875. The SMILES string of the molecule is Cc1ccc(/C=C/C(=O)NCCc2ccc(-c3csc(C)n3)cc2)o1. The summed E-state index contributed by atoms with van der Waals surface area (Å²) in [6.45, 7) is 4.47. The smallest absolute Gasteiger partial charge is 0.244 e. The van der Waals surface area contributed by atoms with E-state index in [2.05, 4.69) is 39.9 Å². The van der Waals surface area contributed by atoms with Gasteiger partial charge in [0.15, 0.2) is 0 Å². The van der Waals surface area contributed by atoms with Crippen molar-refractivity contribution < 1.29 is 9.21 Å². The van der Waals surface area contributed by atoms with Crippen LogP contribution in [0.2, 0.25) is 0 Å². The summed E-state index contributed by atoms with van der Waals surface area (Å²) in [4.78, 5) is 16.3. The van der Waals surface area contributed by atoms with E-state index in [9.17, 15) is 4.79 Å². The van der Waals surface area contributed by atoms with Crippen LogP contribution >= 0.6 is 11.3 Å². The van der Waals surface area contributed by atoms with Gasteiger partial charge in [0, 0.05) is 23.6 Å². The zero-order chi connectivity index (χ0) is 17.6.